The van der Waals surface area contributed by atoms with Crippen LogP contribution >= 0.6 is 0 Å². The highest BCUT2D eigenvalue weighted by molar-refractivity contribution is 5.76. The van der Waals surface area contributed by atoms with Crippen molar-refractivity contribution >= 4 is 12.0 Å². The third-order valence-electron chi connectivity index (χ3n) is 4.33. The average molecular weight is 334 g/mol. The smallest absolute Gasteiger partial charge is 0.409 e. The van der Waals surface area contributed by atoms with E-state index in [1.165, 1.54) is 10.7 Å². The Kier molecular flexibility index (Phi) is 4.82. The van der Waals surface area contributed by atoms with Gasteiger partial charge in [-0.3, -0.25) is 9.59 Å². The van der Waals surface area contributed by atoms with E-state index in [9.17, 15) is 14.4 Å². The summed E-state index contributed by atoms with van der Waals surface area (Å²) in [6, 6.07) is 3.23. The number of piperazine rings is 1. The molecule has 2 amide bonds. The third-order valence-corrected chi connectivity index (χ3v) is 4.33. The van der Waals surface area contributed by atoms with Crippen LogP contribution in [0.15, 0.2) is 16.9 Å². The number of carbonyl (C=O) groups is 2. The van der Waals surface area contributed by atoms with Crippen LogP contribution in [0.2, 0.25) is 0 Å². The molecule has 130 valence electrons. The number of hydrogen-bond donors (Lipinski definition) is 0. The van der Waals surface area contributed by atoms with Gasteiger partial charge in [-0.1, -0.05) is 0 Å². The van der Waals surface area contributed by atoms with Crippen LogP contribution in [0.5, 0.6) is 0 Å². The summed E-state index contributed by atoms with van der Waals surface area (Å²) in [4.78, 5) is 39.2. The Morgan fingerprint density at radius 1 is 1.17 bits per heavy atom. The molecule has 0 atom stereocenters. The topological polar surface area (TPSA) is 84.7 Å². The average Bonchev–Trinajstić information content (AvgIpc) is 3.42. The number of nitrogens with zero attached hydrogens (tertiary/aromatic N) is 4. The Morgan fingerprint density at radius 3 is 2.46 bits per heavy atom. The minimum Gasteiger partial charge on any atom is -0.450 e. The lowest BCUT2D eigenvalue weighted by Crippen LogP contribution is -2.51. The molecule has 0 bridgehead atoms. The molecule has 3 rings (SSSR count). The summed E-state index contributed by atoms with van der Waals surface area (Å²) in [5.41, 5.74) is 0.618. The number of ether oxygens (including phenoxy) is 1. The molecule has 1 aliphatic heterocycles. The van der Waals surface area contributed by atoms with E-state index in [1.807, 2.05) is 0 Å². The minimum atomic E-state index is -0.348. The highest BCUT2D eigenvalue weighted by Crippen LogP contribution is 2.38. The minimum absolute atomic E-state index is 0.0567. The molecule has 1 aromatic rings. The molecule has 0 radical (unpaired) electrons. The van der Waals surface area contributed by atoms with Gasteiger partial charge in [0.15, 0.2) is 0 Å². The Labute approximate surface area is 140 Å². The molecule has 1 aliphatic carbocycles. The largest absolute Gasteiger partial charge is 0.450 e. The van der Waals surface area contributed by atoms with Crippen LogP contribution in [0.3, 0.4) is 0 Å². The van der Waals surface area contributed by atoms with E-state index >= 15 is 0 Å². The first-order valence-corrected chi connectivity index (χ1v) is 8.36. The maximum atomic E-state index is 12.4. The van der Waals surface area contributed by atoms with Crippen molar-refractivity contribution < 1.29 is 14.3 Å². The molecule has 1 saturated carbocycles. The summed E-state index contributed by atoms with van der Waals surface area (Å²) in [6.07, 6.45) is 1.84. The van der Waals surface area contributed by atoms with E-state index in [-0.39, 0.29) is 24.1 Å². The lowest BCUT2D eigenvalue weighted by atomic mass is 10.3. The molecule has 0 unspecified atom stereocenters. The highest BCUT2D eigenvalue weighted by atomic mass is 16.6. The first kappa shape index (κ1) is 16.5. The van der Waals surface area contributed by atoms with Gasteiger partial charge in [-0.25, -0.2) is 9.48 Å². The fourth-order valence-electron chi connectivity index (χ4n) is 2.76. The van der Waals surface area contributed by atoms with Crippen molar-refractivity contribution in [3.63, 3.8) is 0 Å². The zero-order chi connectivity index (χ0) is 17.1. The first-order chi connectivity index (χ1) is 11.6. The fourth-order valence-corrected chi connectivity index (χ4v) is 2.76. The van der Waals surface area contributed by atoms with Gasteiger partial charge in [-0.15, -0.1) is 0 Å². The predicted molar refractivity (Wildman–Crippen MR) is 85.6 cm³/mol. The first-order valence-electron chi connectivity index (χ1n) is 8.36. The monoisotopic (exact) mass is 334 g/mol. The number of rotatable bonds is 4. The van der Waals surface area contributed by atoms with Crippen LogP contribution in [-0.2, 0) is 16.1 Å². The Hall–Kier alpha value is -2.38. The SMILES string of the molecule is CCOC(=O)N1CCN(C(=O)Cn2nc(C3CC3)ccc2=O)CC1. The van der Waals surface area contributed by atoms with Gasteiger partial charge in [-0.05, 0) is 25.8 Å². The molecule has 2 fully saturated rings. The van der Waals surface area contributed by atoms with Crippen molar-refractivity contribution in [3.8, 4) is 0 Å². The summed E-state index contributed by atoms with van der Waals surface area (Å²) in [6.45, 7) is 3.80. The Balaban J connectivity index is 1.57. The third kappa shape index (κ3) is 3.74. The lowest BCUT2D eigenvalue weighted by molar-refractivity contribution is -0.133. The Bertz CT molecular complexity index is 675. The van der Waals surface area contributed by atoms with Gasteiger partial charge >= 0.3 is 6.09 Å². The Morgan fingerprint density at radius 2 is 1.83 bits per heavy atom. The maximum absolute atomic E-state index is 12.4. The summed E-state index contributed by atoms with van der Waals surface area (Å²) < 4.78 is 6.20. The molecule has 24 heavy (non-hydrogen) atoms. The van der Waals surface area contributed by atoms with Crippen LogP contribution < -0.4 is 5.56 Å². The quantitative estimate of drug-likeness (QED) is 0.797. The van der Waals surface area contributed by atoms with Crippen molar-refractivity contribution in [1.82, 2.24) is 19.6 Å². The fraction of sp³-hybridized carbons (Fsp3) is 0.625. The zero-order valence-corrected chi connectivity index (χ0v) is 13.8. The molecular weight excluding hydrogens is 312 g/mol. The van der Waals surface area contributed by atoms with Gasteiger partial charge < -0.3 is 14.5 Å². The molecule has 1 aromatic heterocycles. The van der Waals surface area contributed by atoms with Gasteiger partial charge in [0.1, 0.15) is 6.54 Å². The van der Waals surface area contributed by atoms with Crippen LogP contribution in [0.4, 0.5) is 4.79 Å². The number of carbonyl (C=O) groups excluding carboxylic acids is 2. The molecule has 2 aliphatic rings. The molecule has 1 saturated heterocycles. The second-order valence-corrected chi connectivity index (χ2v) is 6.10. The molecule has 0 aromatic carbocycles. The standard InChI is InChI=1S/C16H22N4O4/c1-2-24-16(23)19-9-7-18(8-10-19)15(22)11-20-14(21)6-5-13(17-20)12-3-4-12/h5-6,12H,2-4,7-11H2,1H3. The van der Waals surface area contributed by atoms with E-state index in [0.717, 1.165) is 18.5 Å². The normalized spacial score (nSPS) is 17.7. The zero-order valence-electron chi connectivity index (χ0n) is 13.8. The van der Waals surface area contributed by atoms with E-state index in [1.54, 1.807) is 22.8 Å². The summed E-state index contributed by atoms with van der Waals surface area (Å²) in [7, 11) is 0. The van der Waals surface area contributed by atoms with Crippen LogP contribution in [0, 0.1) is 0 Å². The summed E-state index contributed by atoms with van der Waals surface area (Å²) >= 11 is 0. The second-order valence-electron chi connectivity index (χ2n) is 6.10. The summed E-state index contributed by atoms with van der Waals surface area (Å²) in [5.74, 6) is 0.279. The molecule has 8 nitrogen and oxygen atoms in total. The van der Waals surface area contributed by atoms with E-state index in [4.69, 9.17) is 4.74 Å². The van der Waals surface area contributed by atoms with Gasteiger partial charge in [-0.2, -0.15) is 5.10 Å². The van der Waals surface area contributed by atoms with E-state index in [2.05, 4.69) is 5.10 Å². The molecule has 0 N–H and O–H groups in total. The van der Waals surface area contributed by atoms with Crippen molar-refractivity contribution in [1.29, 1.82) is 0 Å². The van der Waals surface area contributed by atoms with Crippen molar-refractivity contribution in [2.24, 2.45) is 0 Å². The van der Waals surface area contributed by atoms with Crippen LogP contribution in [0.1, 0.15) is 31.4 Å². The molecular formula is C16H22N4O4. The van der Waals surface area contributed by atoms with E-state index in [0.29, 0.717) is 38.7 Å². The number of hydrogen-bond acceptors (Lipinski definition) is 5. The number of aromatic nitrogens is 2. The summed E-state index contributed by atoms with van der Waals surface area (Å²) in [5, 5.41) is 4.31. The number of amides is 2. The molecule has 2 heterocycles. The maximum Gasteiger partial charge on any atom is 0.409 e. The second kappa shape index (κ2) is 7.02. The molecule has 0 spiro atoms. The van der Waals surface area contributed by atoms with Crippen molar-refractivity contribution in [2.75, 3.05) is 32.8 Å². The van der Waals surface area contributed by atoms with E-state index < -0.39 is 0 Å². The highest BCUT2D eigenvalue weighted by Gasteiger charge is 2.27. The van der Waals surface area contributed by atoms with Gasteiger partial charge in [0.2, 0.25) is 5.91 Å². The predicted octanol–water partition coefficient (Wildman–Crippen LogP) is 0.421. The van der Waals surface area contributed by atoms with Gasteiger partial charge in [0, 0.05) is 38.2 Å². The molecule has 8 heteroatoms. The van der Waals surface area contributed by atoms with Gasteiger partial charge in [0.05, 0.1) is 12.3 Å². The van der Waals surface area contributed by atoms with Crippen LogP contribution in [0.25, 0.3) is 0 Å². The lowest BCUT2D eigenvalue weighted by Gasteiger charge is -2.34. The van der Waals surface area contributed by atoms with Crippen molar-refractivity contribution in [2.45, 2.75) is 32.2 Å². The van der Waals surface area contributed by atoms with Crippen molar-refractivity contribution in [3.05, 3.63) is 28.2 Å². The van der Waals surface area contributed by atoms with Gasteiger partial charge in [0.25, 0.3) is 5.56 Å². The van der Waals surface area contributed by atoms with Crippen LogP contribution in [-0.4, -0.2) is 64.4 Å².